The number of aryl methyl sites for hydroxylation is 2. The number of amides is 1. The van der Waals surface area contributed by atoms with Crippen LogP contribution in [-0.4, -0.2) is 41.3 Å². The number of rotatable bonds is 5. The summed E-state index contributed by atoms with van der Waals surface area (Å²) in [5, 5.41) is 10.9. The second-order valence-electron chi connectivity index (χ2n) is 8.28. The summed E-state index contributed by atoms with van der Waals surface area (Å²) in [5.74, 6) is 0.830. The molecule has 0 unspecified atom stereocenters. The third-order valence-corrected chi connectivity index (χ3v) is 5.64. The van der Waals surface area contributed by atoms with Gasteiger partial charge in [0, 0.05) is 23.5 Å². The van der Waals surface area contributed by atoms with Crippen molar-refractivity contribution in [1.29, 1.82) is 0 Å². The molecule has 0 aliphatic heterocycles. The van der Waals surface area contributed by atoms with Gasteiger partial charge in [-0.3, -0.25) is 0 Å². The first kappa shape index (κ1) is 25.9. The van der Waals surface area contributed by atoms with Crippen LogP contribution < -0.4 is 16.0 Å². The SMILES string of the molecule is CCNC(=NCc1nc(C)c(C)s1)NC1CCC(NC(=O)OC(C)(C)C)CC1.I. The Labute approximate surface area is 195 Å². The quantitative estimate of drug-likeness (QED) is 0.297. The minimum Gasteiger partial charge on any atom is -0.444 e. The van der Waals surface area contributed by atoms with Crippen molar-refractivity contribution in [2.75, 3.05) is 6.54 Å². The Hall–Kier alpha value is -1.10. The number of carbonyl (C=O) groups excluding carboxylic acids is 1. The van der Waals surface area contributed by atoms with Gasteiger partial charge >= 0.3 is 6.09 Å². The molecule has 1 aromatic heterocycles. The smallest absolute Gasteiger partial charge is 0.407 e. The van der Waals surface area contributed by atoms with Gasteiger partial charge in [-0.05, 0) is 67.2 Å². The van der Waals surface area contributed by atoms with Gasteiger partial charge in [-0.2, -0.15) is 0 Å². The molecule has 1 fully saturated rings. The fourth-order valence-electron chi connectivity index (χ4n) is 3.12. The van der Waals surface area contributed by atoms with Crippen molar-refractivity contribution in [2.45, 2.75) is 91.5 Å². The van der Waals surface area contributed by atoms with Crippen LogP contribution in [0.1, 0.15) is 69.0 Å². The highest BCUT2D eigenvalue weighted by molar-refractivity contribution is 14.0. The first-order chi connectivity index (χ1) is 13.2. The third kappa shape index (κ3) is 9.50. The molecule has 0 spiro atoms. The molecule has 3 N–H and O–H groups in total. The molecule has 1 aliphatic rings. The largest absolute Gasteiger partial charge is 0.444 e. The van der Waals surface area contributed by atoms with E-state index in [4.69, 9.17) is 9.73 Å². The first-order valence-corrected chi connectivity index (χ1v) is 10.9. The van der Waals surface area contributed by atoms with Crippen molar-refractivity contribution in [3.63, 3.8) is 0 Å². The molecule has 7 nitrogen and oxygen atoms in total. The summed E-state index contributed by atoms with van der Waals surface area (Å²) >= 11 is 1.70. The van der Waals surface area contributed by atoms with Crippen molar-refractivity contribution in [1.82, 2.24) is 20.9 Å². The zero-order valence-electron chi connectivity index (χ0n) is 18.4. The van der Waals surface area contributed by atoms with Crippen LogP contribution in [0.2, 0.25) is 0 Å². The third-order valence-electron chi connectivity index (χ3n) is 4.58. The van der Waals surface area contributed by atoms with Crippen LogP contribution in [0.15, 0.2) is 4.99 Å². The minimum absolute atomic E-state index is 0. The molecule has 9 heteroatoms. The maximum atomic E-state index is 11.9. The molecule has 0 radical (unpaired) electrons. The van der Waals surface area contributed by atoms with Gasteiger partial charge in [0.25, 0.3) is 0 Å². The van der Waals surface area contributed by atoms with Gasteiger partial charge in [0.15, 0.2) is 5.96 Å². The molecule has 0 atom stereocenters. The minimum atomic E-state index is -0.464. The van der Waals surface area contributed by atoms with Crippen molar-refractivity contribution >= 4 is 47.4 Å². The number of hydrogen-bond donors (Lipinski definition) is 3. The summed E-state index contributed by atoms with van der Waals surface area (Å²) in [7, 11) is 0. The Bertz CT molecular complexity index is 659. The standard InChI is InChI=1S/C20H35N5O2S.HI/c1-7-21-18(22-12-17-23-13(2)14(3)28-17)24-15-8-10-16(11-9-15)25-19(26)27-20(4,5)6;/h15-16H,7-12H2,1-6H3,(H,25,26)(H2,21,22,24);1H. The zero-order chi connectivity index (χ0) is 20.7. The highest BCUT2D eigenvalue weighted by atomic mass is 127. The van der Waals surface area contributed by atoms with E-state index in [1.807, 2.05) is 27.7 Å². The van der Waals surface area contributed by atoms with Crippen molar-refractivity contribution < 1.29 is 9.53 Å². The number of thiazole rings is 1. The van der Waals surface area contributed by atoms with Gasteiger partial charge < -0.3 is 20.7 Å². The van der Waals surface area contributed by atoms with Gasteiger partial charge in [-0.15, -0.1) is 35.3 Å². The van der Waals surface area contributed by atoms with Gasteiger partial charge in [0.2, 0.25) is 0 Å². The Morgan fingerprint density at radius 1 is 1.17 bits per heavy atom. The lowest BCUT2D eigenvalue weighted by molar-refractivity contribution is 0.0490. The second kappa shape index (κ2) is 11.9. The predicted molar refractivity (Wildman–Crippen MR) is 130 cm³/mol. The Balaban J connectivity index is 0.00000420. The number of aromatic nitrogens is 1. The van der Waals surface area contributed by atoms with E-state index in [0.717, 1.165) is 48.9 Å². The summed E-state index contributed by atoms with van der Waals surface area (Å²) in [4.78, 5) is 22.4. The van der Waals surface area contributed by atoms with E-state index in [9.17, 15) is 4.79 Å². The number of ether oxygens (including phenoxy) is 1. The fourth-order valence-corrected chi connectivity index (χ4v) is 3.98. The van der Waals surface area contributed by atoms with Gasteiger partial charge in [-0.1, -0.05) is 0 Å². The van der Waals surface area contributed by atoms with Crippen LogP contribution in [0.25, 0.3) is 0 Å². The number of aliphatic imine (C=N–C) groups is 1. The van der Waals surface area contributed by atoms with E-state index in [2.05, 4.69) is 34.8 Å². The van der Waals surface area contributed by atoms with E-state index in [1.54, 1.807) is 11.3 Å². The number of alkyl carbamates (subject to hydrolysis) is 1. The summed E-state index contributed by atoms with van der Waals surface area (Å²) < 4.78 is 5.35. The number of hydrogen-bond acceptors (Lipinski definition) is 5. The molecule has 166 valence electrons. The highest BCUT2D eigenvalue weighted by Gasteiger charge is 2.25. The van der Waals surface area contributed by atoms with E-state index in [-0.39, 0.29) is 36.1 Å². The van der Waals surface area contributed by atoms with Crippen LogP contribution in [0, 0.1) is 13.8 Å². The maximum Gasteiger partial charge on any atom is 0.407 e. The van der Waals surface area contributed by atoms with Crippen molar-refractivity contribution in [3.8, 4) is 0 Å². The molecule has 1 saturated carbocycles. The highest BCUT2D eigenvalue weighted by Crippen LogP contribution is 2.20. The van der Waals surface area contributed by atoms with E-state index in [1.165, 1.54) is 4.88 Å². The molecule has 1 aliphatic carbocycles. The van der Waals surface area contributed by atoms with E-state index >= 15 is 0 Å². The maximum absolute atomic E-state index is 11.9. The summed E-state index contributed by atoms with van der Waals surface area (Å²) in [6.45, 7) is 13.2. The molecule has 1 aromatic rings. The van der Waals surface area contributed by atoms with Gasteiger partial charge in [-0.25, -0.2) is 14.8 Å². The Kier molecular flexibility index (Phi) is 10.7. The summed E-state index contributed by atoms with van der Waals surface area (Å²) in [6.07, 6.45) is 3.51. The number of carbonyl (C=O) groups is 1. The number of guanidine groups is 1. The monoisotopic (exact) mass is 537 g/mol. The molecular weight excluding hydrogens is 501 g/mol. The van der Waals surface area contributed by atoms with Crippen LogP contribution in [-0.2, 0) is 11.3 Å². The van der Waals surface area contributed by atoms with Crippen LogP contribution in [0.5, 0.6) is 0 Å². The second-order valence-corrected chi connectivity index (χ2v) is 9.57. The first-order valence-electron chi connectivity index (χ1n) is 10.1. The van der Waals surface area contributed by atoms with Gasteiger partial charge in [0.05, 0.1) is 12.2 Å². The summed E-state index contributed by atoms with van der Waals surface area (Å²) in [5.41, 5.74) is 0.623. The normalized spacial score (nSPS) is 19.9. The average molecular weight is 538 g/mol. The summed E-state index contributed by atoms with van der Waals surface area (Å²) in [6, 6.07) is 0.531. The lowest BCUT2D eigenvalue weighted by atomic mass is 9.91. The molecule has 1 amide bonds. The molecule has 0 aromatic carbocycles. The molecule has 2 rings (SSSR count). The predicted octanol–water partition coefficient (Wildman–Crippen LogP) is 4.27. The van der Waals surface area contributed by atoms with E-state index in [0.29, 0.717) is 12.6 Å². The number of halogens is 1. The number of nitrogens with zero attached hydrogens (tertiary/aromatic N) is 2. The topological polar surface area (TPSA) is 87.6 Å². The van der Waals surface area contributed by atoms with Crippen LogP contribution in [0.3, 0.4) is 0 Å². The van der Waals surface area contributed by atoms with Gasteiger partial charge in [0.1, 0.15) is 10.6 Å². The average Bonchev–Trinajstić information content (AvgIpc) is 2.91. The lowest BCUT2D eigenvalue weighted by Crippen LogP contribution is -2.48. The van der Waals surface area contributed by atoms with Crippen LogP contribution in [0.4, 0.5) is 4.79 Å². The number of nitrogens with one attached hydrogen (secondary N) is 3. The van der Waals surface area contributed by atoms with E-state index < -0.39 is 5.60 Å². The molecular formula is C20H36IN5O2S. The van der Waals surface area contributed by atoms with Crippen LogP contribution >= 0.6 is 35.3 Å². The molecule has 0 bridgehead atoms. The lowest BCUT2D eigenvalue weighted by Gasteiger charge is -2.31. The van der Waals surface area contributed by atoms with Crippen molar-refractivity contribution in [3.05, 3.63) is 15.6 Å². The fraction of sp³-hybridized carbons (Fsp3) is 0.750. The Morgan fingerprint density at radius 2 is 1.76 bits per heavy atom. The zero-order valence-corrected chi connectivity index (χ0v) is 21.6. The molecule has 1 heterocycles. The molecule has 0 saturated heterocycles. The molecule has 29 heavy (non-hydrogen) atoms. The van der Waals surface area contributed by atoms with Crippen molar-refractivity contribution in [2.24, 2.45) is 4.99 Å². The Morgan fingerprint density at radius 3 is 2.24 bits per heavy atom.